The third-order valence-electron chi connectivity index (χ3n) is 5.24. The normalized spacial score (nSPS) is 11.9. The quantitative estimate of drug-likeness (QED) is 0.295. The van der Waals surface area contributed by atoms with Gasteiger partial charge in [-0.05, 0) is 38.1 Å². The summed E-state index contributed by atoms with van der Waals surface area (Å²) < 4.78 is 51.6. The Morgan fingerprint density at radius 3 is 2.68 bits per heavy atom. The Hall–Kier alpha value is -4.61. The minimum Gasteiger partial charge on any atom is -0.490 e. The number of aromatic nitrogens is 1. The summed E-state index contributed by atoms with van der Waals surface area (Å²) in [6.07, 6.45) is -0.590. The molecule has 4 aromatic rings. The van der Waals surface area contributed by atoms with Crippen molar-refractivity contribution in [1.82, 2.24) is 10.3 Å². The third-order valence-corrected chi connectivity index (χ3v) is 5.24. The van der Waals surface area contributed by atoms with Gasteiger partial charge >= 0.3 is 12.7 Å². The predicted molar refractivity (Wildman–Crippen MR) is 126 cm³/mol. The second-order valence-electron chi connectivity index (χ2n) is 7.72. The SMILES string of the molecule is CCOc1cc(-c2nc(C(=O)NCc3coc4ccccc34)c([C@H](C)OC(N)=O)o2)ccc1OC(F)F. The van der Waals surface area contributed by atoms with Crippen LogP contribution in [0.15, 0.2) is 57.6 Å². The van der Waals surface area contributed by atoms with E-state index in [2.05, 4.69) is 15.0 Å². The number of rotatable bonds is 10. The molecule has 0 bridgehead atoms. The number of hydrogen-bond donors (Lipinski definition) is 2. The molecule has 0 radical (unpaired) electrons. The number of nitrogens with one attached hydrogen (secondary N) is 1. The van der Waals surface area contributed by atoms with Gasteiger partial charge in [0.2, 0.25) is 5.89 Å². The van der Waals surface area contributed by atoms with E-state index in [9.17, 15) is 18.4 Å². The first-order valence-electron chi connectivity index (χ1n) is 11.2. The number of carbonyl (C=O) groups is 2. The summed E-state index contributed by atoms with van der Waals surface area (Å²) in [5.41, 5.74) is 6.70. The van der Waals surface area contributed by atoms with Crippen molar-refractivity contribution in [2.24, 2.45) is 5.73 Å². The number of benzene rings is 2. The fourth-order valence-corrected chi connectivity index (χ4v) is 3.65. The second-order valence-corrected chi connectivity index (χ2v) is 7.72. The number of ether oxygens (including phenoxy) is 3. The summed E-state index contributed by atoms with van der Waals surface area (Å²) in [5.74, 6) is -0.868. The van der Waals surface area contributed by atoms with E-state index in [-0.39, 0.29) is 42.0 Å². The van der Waals surface area contributed by atoms with E-state index in [1.807, 2.05) is 18.2 Å². The molecule has 2 aromatic heterocycles. The van der Waals surface area contributed by atoms with E-state index >= 15 is 0 Å². The number of furan rings is 1. The van der Waals surface area contributed by atoms with Crippen LogP contribution in [-0.2, 0) is 11.3 Å². The van der Waals surface area contributed by atoms with Gasteiger partial charge in [-0.3, -0.25) is 4.79 Å². The fourth-order valence-electron chi connectivity index (χ4n) is 3.65. The van der Waals surface area contributed by atoms with Crippen LogP contribution in [0.5, 0.6) is 11.5 Å². The minimum atomic E-state index is -3.05. The van der Waals surface area contributed by atoms with Gasteiger partial charge in [0, 0.05) is 23.1 Å². The third kappa shape index (κ3) is 5.80. The molecule has 0 unspecified atom stereocenters. The van der Waals surface area contributed by atoms with E-state index in [0.29, 0.717) is 11.1 Å². The largest absolute Gasteiger partial charge is 0.490 e. The monoisotopic (exact) mass is 515 g/mol. The molecule has 37 heavy (non-hydrogen) atoms. The van der Waals surface area contributed by atoms with E-state index in [0.717, 1.165) is 10.9 Å². The lowest BCUT2D eigenvalue weighted by Crippen LogP contribution is -2.25. The van der Waals surface area contributed by atoms with Crippen molar-refractivity contribution in [2.45, 2.75) is 33.1 Å². The molecule has 10 nitrogen and oxygen atoms in total. The number of oxazole rings is 1. The number of alkyl halides is 2. The van der Waals surface area contributed by atoms with Crippen molar-refractivity contribution in [2.75, 3.05) is 6.61 Å². The van der Waals surface area contributed by atoms with Crippen LogP contribution < -0.4 is 20.5 Å². The van der Waals surface area contributed by atoms with Crippen molar-refractivity contribution in [1.29, 1.82) is 0 Å². The zero-order valence-electron chi connectivity index (χ0n) is 19.8. The van der Waals surface area contributed by atoms with Crippen LogP contribution in [0.25, 0.3) is 22.4 Å². The van der Waals surface area contributed by atoms with Crippen LogP contribution in [0.3, 0.4) is 0 Å². The molecule has 0 fully saturated rings. The van der Waals surface area contributed by atoms with Gasteiger partial charge in [-0.15, -0.1) is 0 Å². The summed E-state index contributed by atoms with van der Waals surface area (Å²) >= 11 is 0. The van der Waals surface area contributed by atoms with Crippen LogP contribution in [0.4, 0.5) is 13.6 Å². The van der Waals surface area contributed by atoms with Crippen molar-refractivity contribution in [3.63, 3.8) is 0 Å². The molecule has 0 saturated carbocycles. The highest BCUT2D eigenvalue weighted by Gasteiger charge is 2.27. The molecule has 2 aromatic carbocycles. The summed E-state index contributed by atoms with van der Waals surface area (Å²) in [5, 5.41) is 3.58. The lowest BCUT2D eigenvalue weighted by atomic mass is 10.1. The smallest absolute Gasteiger partial charge is 0.405 e. The highest BCUT2D eigenvalue weighted by atomic mass is 19.3. The summed E-state index contributed by atoms with van der Waals surface area (Å²) in [6, 6.07) is 11.4. The average Bonchev–Trinajstić information content (AvgIpc) is 3.48. The van der Waals surface area contributed by atoms with Crippen molar-refractivity contribution in [3.8, 4) is 23.0 Å². The van der Waals surface area contributed by atoms with E-state index < -0.39 is 24.7 Å². The van der Waals surface area contributed by atoms with Crippen LogP contribution in [0.2, 0.25) is 0 Å². The first kappa shape index (κ1) is 25.5. The van der Waals surface area contributed by atoms with Gasteiger partial charge in [-0.2, -0.15) is 8.78 Å². The number of nitrogens with two attached hydrogens (primary N) is 1. The molecular formula is C25H23F2N3O7. The predicted octanol–water partition coefficient (Wildman–Crippen LogP) is 5.17. The minimum absolute atomic E-state index is 0.0271. The average molecular weight is 515 g/mol. The molecule has 2 amide bonds. The number of para-hydroxylation sites is 1. The van der Waals surface area contributed by atoms with Crippen LogP contribution in [0, 0.1) is 0 Å². The summed E-state index contributed by atoms with van der Waals surface area (Å²) in [4.78, 5) is 28.7. The number of hydrogen-bond acceptors (Lipinski definition) is 8. The molecule has 0 saturated heterocycles. The topological polar surface area (TPSA) is 139 Å². The van der Waals surface area contributed by atoms with E-state index in [1.165, 1.54) is 31.4 Å². The molecule has 2 heterocycles. The molecule has 12 heteroatoms. The zero-order valence-corrected chi connectivity index (χ0v) is 19.8. The Balaban J connectivity index is 1.65. The first-order chi connectivity index (χ1) is 17.8. The molecule has 0 spiro atoms. The first-order valence-corrected chi connectivity index (χ1v) is 11.2. The molecule has 4 rings (SSSR count). The number of halogens is 2. The Labute approximate surface area is 209 Å². The van der Waals surface area contributed by atoms with Gasteiger partial charge in [-0.25, -0.2) is 9.78 Å². The van der Waals surface area contributed by atoms with Gasteiger partial charge in [-0.1, -0.05) is 18.2 Å². The molecule has 0 aliphatic rings. The lowest BCUT2D eigenvalue weighted by molar-refractivity contribution is -0.0514. The van der Waals surface area contributed by atoms with Crippen LogP contribution in [0.1, 0.15) is 41.8 Å². The summed E-state index contributed by atoms with van der Waals surface area (Å²) in [6.45, 7) is 0.390. The number of carbonyl (C=O) groups excluding carboxylic acids is 2. The number of amides is 2. The summed E-state index contributed by atoms with van der Waals surface area (Å²) in [7, 11) is 0. The van der Waals surface area contributed by atoms with Gasteiger partial charge in [0.15, 0.2) is 29.1 Å². The fraction of sp³-hybridized carbons (Fsp3) is 0.240. The second kappa shape index (κ2) is 11.0. The number of nitrogens with zero attached hydrogens (tertiary/aromatic N) is 1. The zero-order chi connectivity index (χ0) is 26.5. The maximum Gasteiger partial charge on any atom is 0.405 e. The van der Waals surface area contributed by atoms with Gasteiger partial charge in [0.25, 0.3) is 5.91 Å². The van der Waals surface area contributed by atoms with Crippen LogP contribution >= 0.6 is 0 Å². The Bertz CT molecular complexity index is 1420. The number of primary amides is 1. The molecule has 3 N–H and O–H groups in total. The van der Waals surface area contributed by atoms with Crippen LogP contribution in [-0.4, -0.2) is 30.2 Å². The highest BCUT2D eigenvalue weighted by Crippen LogP contribution is 2.35. The Morgan fingerprint density at radius 2 is 1.95 bits per heavy atom. The maximum atomic E-state index is 13.1. The highest BCUT2D eigenvalue weighted by molar-refractivity contribution is 5.94. The van der Waals surface area contributed by atoms with Gasteiger partial charge < -0.3 is 34.1 Å². The molecule has 194 valence electrons. The molecule has 0 aliphatic heterocycles. The van der Waals surface area contributed by atoms with Gasteiger partial charge in [0.1, 0.15) is 5.58 Å². The Morgan fingerprint density at radius 1 is 1.16 bits per heavy atom. The van der Waals surface area contributed by atoms with E-state index in [1.54, 1.807) is 13.0 Å². The van der Waals surface area contributed by atoms with Crippen molar-refractivity contribution < 1.29 is 41.4 Å². The standard InChI is InChI=1S/C25H23F2N3O7/c1-3-33-19-10-14(8-9-18(19)36-24(26)27)23-30-20(21(37-23)13(2)35-25(28)32)22(31)29-11-15-12-34-17-7-5-4-6-16(15)17/h4-10,12-13,24H,3,11H2,1-2H3,(H2,28,32)(H,29,31)/t13-/m0/s1. The maximum absolute atomic E-state index is 13.1. The molecular weight excluding hydrogens is 492 g/mol. The number of fused-ring (bicyclic) bond motifs is 1. The van der Waals surface area contributed by atoms with Crippen molar-refractivity contribution in [3.05, 3.63) is 65.7 Å². The molecule has 0 aliphatic carbocycles. The lowest BCUT2D eigenvalue weighted by Gasteiger charge is -2.12. The van der Waals surface area contributed by atoms with E-state index in [4.69, 9.17) is 24.0 Å². The molecule has 1 atom stereocenters. The van der Waals surface area contributed by atoms with Gasteiger partial charge in [0.05, 0.1) is 12.9 Å². The van der Waals surface area contributed by atoms with Crippen molar-refractivity contribution >= 4 is 23.0 Å². The Kier molecular flexibility index (Phi) is 7.56.